The number of rotatable bonds is 7. The molecule has 0 aromatic carbocycles. The molecule has 0 fully saturated rings. The molecular formula is C22H35N3O6. The molecule has 1 atom stereocenters. The lowest BCUT2D eigenvalue weighted by atomic mass is 10.1. The van der Waals surface area contributed by atoms with Gasteiger partial charge in [-0.25, -0.2) is 19.4 Å². The molecule has 1 aromatic rings. The van der Waals surface area contributed by atoms with E-state index >= 15 is 0 Å². The van der Waals surface area contributed by atoms with Crippen LogP contribution in [0.4, 0.5) is 15.4 Å². The van der Waals surface area contributed by atoms with Gasteiger partial charge < -0.3 is 19.5 Å². The van der Waals surface area contributed by atoms with Crippen molar-refractivity contribution in [3.8, 4) is 0 Å². The lowest BCUT2D eigenvalue weighted by molar-refractivity contribution is -0.147. The van der Waals surface area contributed by atoms with E-state index in [0.717, 1.165) is 5.56 Å². The number of methoxy groups -OCH3 is 1. The van der Waals surface area contributed by atoms with Crippen LogP contribution in [-0.2, 0) is 19.0 Å². The molecule has 1 aromatic heterocycles. The molecule has 0 aliphatic heterocycles. The van der Waals surface area contributed by atoms with Gasteiger partial charge in [-0.1, -0.05) is 0 Å². The van der Waals surface area contributed by atoms with Gasteiger partial charge in [-0.3, -0.25) is 0 Å². The molecule has 0 saturated carbocycles. The number of carbonyl (C=O) groups is 3. The zero-order valence-corrected chi connectivity index (χ0v) is 19.8. The highest BCUT2D eigenvalue weighted by Gasteiger charge is 2.40. The number of aryl methyl sites for hydroxylation is 1. The predicted octanol–water partition coefficient (Wildman–Crippen LogP) is 4.30. The first-order valence-corrected chi connectivity index (χ1v) is 10.2. The van der Waals surface area contributed by atoms with Crippen LogP contribution >= 0.6 is 0 Å². The zero-order valence-electron chi connectivity index (χ0n) is 19.8. The lowest BCUT2D eigenvalue weighted by Gasteiger charge is -2.32. The van der Waals surface area contributed by atoms with Gasteiger partial charge >= 0.3 is 18.2 Å². The first kappa shape index (κ1) is 26.2. The summed E-state index contributed by atoms with van der Waals surface area (Å²) in [4.78, 5) is 43.0. The minimum atomic E-state index is -1.19. The summed E-state index contributed by atoms with van der Waals surface area (Å²) in [6.07, 6.45) is 0.374. The summed E-state index contributed by atoms with van der Waals surface area (Å²) in [7, 11) is 1.20. The fraction of sp³-hybridized carbons (Fsp3) is 0.636. The summed E-state index contributed by atoms with van der Waals surface area (Å²) < 4.78 is 15.6. The third-order valence-electron chi connectivity index (χ3n) is 3.84. The average Bonchev–Trinajstić information content (AvgIpc) is 2.60. The fourth-order valence-electron chi connectivity index (χ4n) is 2.58. The normalized spacial score (nSPS) is 12.5. The van der Waals surface area contributed by atoms with Gasteiger partial charge in [-0.05, 0) is 79.0 Å². The number of hydrogen-bond acceptors (Lipinski definition) is 8. The first-order valence-electron chi connectivity index (χ1n) is 10.2. The third-order valence-corrected chi connectivity index (χ3v) is 3.84. The number of pyridine rings is 1. The molecule has 2 amide bonds. The van der Waals surface area contributed by atoms with Gasteiger partial charge in [0.2, 0.25) is 0 Å². The topological polar surface area (TPSA) is 107 Å². The Kier molecular flexibility index (Phi) is 9.27. The molecule has 0 unspecified atom stereocenters. The predicted molar refractivity (Wildman–Crippen MR) is 117 cm³/mol. The largest absolute Gasteiger partial charge is 0.467 e. The summed E-state index contributed by atoms with van der Waals surface area (Å²) in [5.74, 6) is -0.0313. The smallest absolute Gasteiger partial charge is 0.420 e. The van der Waals surface area contributed by atoms with Gasteiger partial charge in [0.25, 0.3) is 0 Å². The van der Waals surface area contributed by atoms with E-state index in [9.17, 15) is 14.4 Å². The number of nitrogens with one attached hydrogen (secondary N) is 1. The van der Waals surface area contributed by atoms with E-state index in [4.69, 9.17) is 14.2 Å². The van der Waals surface area contributed by atoms with Gasteiger partial charge in [0, 0.05) is 12.7 Å². The van der Waals surface area contributed by atoms with Crippen LogP contribution in [0.5, 0.6) is 0 Å². The van der Waals surface area contributed by atoms with Crippen LogP contribution in [0.2, 0.25) is 0 Å². The van der Waals surface area contributed by atoms with Crippen molar-refractivity contribution in [1.82, 2.24) is 9.88 Å². The minimum Gasteiger partial charge on any atom is -0.467 e. The number of amides is 2. The summed E-state index contributed by atoms with van der Waals surface area (Å²) in [5, 5.41) is 3.16. The molecule has 0 saturated heterocycles. The molecular weight excluding hydrogens is 402 g/mol. The SMILES string of the molecule is COC(=O)[C@H](CCCNc1cc(C)ccn1)N(C(=O)OC(C)(C)C)C(=O)OC(C)(C)C. The van der Waals surface area contributed by atoms with E-state index in [-0.39, 0.29) is 6.42 Å². The van der Waals surface area contributed by atoms with Crippen molar-refractivity contribution >= 4 is 24.0 Å². The fourth-order valence-corrected chi connectivity index (χ4v) is 2.58. The van der Waals surface area contributed by atoms with Gasteiger partial charge in [0.1, 0.15) is 23.1 Å². The second-order valence-electron chi connectivity index (χ2n) is 9.16. The van der Waals surface area contributed by atoms with Crippen LogP contribution in [0.3, 0.4) is 0 Å². The number of carbonyl (C=O) groups excluding carboxylic acids is 3. The van der Waals surface area contributed by atoms with Gasteiger partial charge in [-0.15, -0.1) is 0 Å². The summed E-state index contributed by atoms with van der Waals surface area (Å²) in [6.45, 7) is 12.5. The molecule has 9 heteroatoms. The van der Waals surface area contributed by atoms with Crippen LogP contribution in [0.15, 0.2) is 18.3 Å². The standard InChI is InChI=1S/C22H35N3O6/c1-15-11-13-24-17(14-15)23-12-9-10-16(18(26)29-8)25(19(27)30-21(2,3)4)20(28)31-22(5,6)7/h11,13-14,16H,9-10,12H2,1-8H3,(H,23,24)/t16-/m0/s1. The molecule has 1 heterocycles. The average molecular weight is 438 g/mol. The number of esters is 1. The summed E-state index contributed by atoms with van der Waals surface area (Å²) >= 11 is 0. The highest BCUT2D eigenvalue weighted by Crippen LogP contribution is 2.20. The Hall–Kier alpha value is -2.84. The Labute approximate surface area is 184 Å². The van der Waals surface area contributed by atoms with Crippen molar-refractivity contribution in [3.05, 3.63) is 23.9 Å². The second-order valence-corrected chi connectivity index (χ2v) is 9.16. The number of aromatic nitrogens is 1. The lowest BCUT2D eigenvalue weighted by Crippen LogP contribution is -2.52. The first-order chi connectivity index (χ1) is 14.2. The number of ether oxygens (including phenoxy) is 3. The molecule has 9 nitrogen and oxygen atoms in total. The Morgan fingerprint density at radius 1 is 1.06 bits per heavy atom. The molecule has 1 N–H and O–H groups in total. The van der Waals surface area contributed by atoms with Crippen LogP contribution in [0.25, 0.3) is 0 Å². The van der Waals surface area contributed by atoms with Crippen LogP contribution in [-0.4, -0.2) is 58.9 Å². The quantitative estimate of drug-likeness (QED) is 0.382. The Balaban J connectivity index is 3.00. The van der Waals surface area contributed by atoms with Crippen molar-refractivity contribution in [2.24, 2.45) is 0 Å². The van der Waals surface area contributed by atoms with Crippen LogP contribution < -0.4 is 5.32 Å². The highest BCUT2D eigenvalue weighted by molar-refractivity contribution is 5.94. The second kappa shape index (κ2) is 11.0. The van der Waals surface area contributed by atoms with Crippen LogP contribution in [0, 0.1) is 6.92 Å². The third kappa shape index (κ3) is 9.67. The maximum Gasteiger partial charge on any atom is 0.420 e. The van der Waals surface area contributed by atoms with Crippen molar-refractivity contribution in [2.75, 3.05) is 19.0 Å². The number of hydrogen-bond donors (Lipinski definition) is 1. The number of nitrogens with zero attached hydrogens (tertiary/aromatic N) is 2. The van der Waals surface area contributed by atoms with E-state index < -0.39 is 35.4 Å². The maximum atomic E-state index is 12.8. The molecule has 0 radical (unpaired) electrons. The number of imide groups is 1. The van der Waals surface area contributed by atoms with E-state index in [1.165, 1.54) is 7.11 Å². The monoisotopic (exact) mass is 437 g/mol. The Morgan fingerprint density at radius 3 is 2.06 bits per heavy atom. The van der Waals surface area contributed by atoms with Crippen molar-refractivity contribution in [2.45, 2.75) is 78.6 Å². The molecule has 0 aliphatic rings. The van der Waals surface area contributed by atoms with Crippen molar-refractivity contribution in [1.29, 1.82) is 0 Å². The van der Waals surface area contributed by atoms with Gasteiger partial charge in [0.05, 0.1) is 7.11 Å². The minimum absolute atomic E-state index is 0.157. The summed E-state index contributed by atoms with van der Waals surface area (Å²) in [5.41, 5.74) is -0.668. The van der Waals surface area contributed by atoms with E-state index in [2.05, 4.69) is 10.3 Å². The molecule has 174 valence electrons. The van der Waals surface area contributed by atoms with E-state index in [1.807, 2.05) is 19.1 Å². The van der Waals surface area contributed by atoms with E-state index in [1.54, 1.807) is 47.7 Å². The Bertz CT molecular complexity index is 739. The van der Waals surface area contributed by atoms with Gasteiger partial charge in [-0.2, -0.15) is 4.90 Å². The number of anilines is 1. The zero-order chi connectivity index (χ0) is 23.8. The molecule has 1 rings (SSSR count). The summed E-state index contributed by atoms with van der Waals surface area (Å²) in [6, 6.07) is 2.59. The molecule has 0 bridgehead atoms. The highest BCUT2D eigenvalue weighted by atomic mass is 16.6. The van der Waals surface area contributed by atoms with Crippen molar-refractivity contribution < 1.29 is 28.6 Å². The molecule has 31 heavy (non-hydrogen) atoms. The van der Waals surface area contributed by atoms with Crippen molar-refractivity contribution in [3.63, 3.8) is 0 Å². The molecule has 0 aliphatic carbocycles. The maximum absolute atomic E-state index is 12.8. The van der Waals surface area contributed by atoms with Gasteiger partial charge in [0.15, 0.2) is 0 Å². The van der Waals surface area contributed by atoms with Crippen LogP contribution in [0.1, 0.15) is 59.9 Å². The Morgan fingerprint density at radius 2 is 1.61 bits per heavy atom. The van der Waals surface area contributed by atoms with E-state index in [0.29, 0.717) is 23.7 Å². The molecule has 0 spiro atoms.